The fraction of sp³-hybridized carbons (Fsp3) is 0.167. The van der Waals surface area contributed by atoms with E-state index >= 15 is 0 Å². The summed E-state index contributed by atoms with van der Waals surface area (Å²) in [7, 11) is 1.62. The van der Waals surface area contributed by atoms with E-state index in [4.69, 9.17) is 33.2 Å². The zero-order valence-corrected chi connectivity index (χ0v) is 15.1. The van der Waals surface area contributed by atoms with Gasteiger partial charge in [0, 0.05) is 5.56 Å². The molecule has 0 bridgehead atoms. The largest absolute Gasteiger partial charge is 0.496 e. The van der Waals surface area contributed by atoms with Crippen LogP contribution < -0.4 is 4.74 Å². The molecule has 2 aromatic rings. The summed E-state index contributed by atoms with van der Waals surface area (Å²) in [5.74, 6) is 0.740. The van der Waals surface area contributed by atoms with Crippen molar-refractivity contribution in [1.82, 2.24) is 0 Å². The van der Waals surface area contributed by atoms with Gasteiger partial charge in [0.15, 0.2) is 0 Å². The number of halogens is 2. The van der Waals surface area contributed by atoms with E-state index < -0.39 is 0 Å². The van der Waals surface area contributed by atoms with Crippen LogP contribution in [0.15, 0.2) is 41.3 Å². The van der Waals surface area contributed by atoms with Crippen molar-refractivity contribution in [1.29, 1.82) is 5.26 Å². The van der Waals surface area contributed by atoms with E-state index in [2.05, 4.69) is 6.07 Å². The van der Waals surface area contributed by atoms with Gasteiger partial charge in [-0.1, -0.05) is 35.3 Å². The quantitative estimate of drug-likeness (QED) is 0.627. The van der Waals surface area contributed by atoms with E-state index in [1.54, 1.807) is 13.2 Å². The van der Waals surface area contributed by atoms with Crippen LogP contribution in [0, 0.1) is 11.3 Å². The van der Waals surface area contributed by atoms with Gasteiger partial charge in [-0.15, -0.1) is 11.8 Å². The van der Waals surface area contributed by atoms with Gasteiger partial charge in [0.25, 0.3) is 0 Å². The molecule has 118 valence electrons. The molecule has 0 amide bonds. The molecule has 2 rings (SSSR count). The second kappa shape index (κ2) is 8.31. The van der Waals surface area contributed by atoms with Crippen LogP contribution in [-0.2, 0) is 6.42 Å². The third-order valence-corrected chi connectivity index (χ3v) is 4.69. The van der Waals surface area contributed by atoms with Crippen LogP contribution in [-0.4, -0.2) is 13.4 Å². The van der Waals surface area contributed by atoms with Gasteiger partial charge in [-0.25, -0.2) is 0 Å². The minimum absolute atomic E-state index is 0.548. The van der Waals surface area contributed by atoms with Gasteiger partial charge in [0.2, 0.25) is 0 Å². The monoisotopic (exact) mass is 363 g/mol. The van der Waals surface area contributed by atoms with Crippen LogP contribution in [0.5, 0.6) is 5.75 Å². The van der Waals surface area contributed by atoms with Crippen molar-refractivity contribution < 1.29 is 4.74 Å². The van der Waals surface area contributed by atoms with Gasteiger partial charge in [0.1, 0.15) is 11.8 Å². The van der Waals surface area contributed by atoms with E-state index in [-0.39, 0.29) is 0 Å². The molecule has 0 aliphatic carbocycles. The molecule has 0 fully saturated rings. The van der Waals surface area contributed by atoms with E-state index in [0.29, 0.717) is 15.0 Å². The average Bonchev–Trinajstić information content (AvgIpc) is 2.56. The zero-order valence-electron chi connectivity index (χ0n) is 12.8. The SMILES string of the molecule is COc1ccc(Cc2ccc(Cl)c(Cl)c2)cc1/C=C(\C#N)SC. The number of ether oxygens (including phenoxy) is 1. The van der Waals surface area contributed by atoms with Crippen molar-refractivity contribution in [3.8, 4) is 11.8 Å². The Morgan fingerprint density at radius 2 is 1.87 bits per heavy atom. The van der Waals surface area contributed by atoms with Crippen molar-refractivity contribution in [3.63, 3.8) is 0 Å². The highest BCUT2D eigenvalue weighted by molar-refractivity contribution is 8.02. The summed E-state index contributed by atoms with van der Waals surface area (Å²) in [6.07, 6.45) is 4.44. The highest BCUT2D eigenvalue weighted by Gasteiger charge is 2.06. The lowest BCUT2D eigenvalue weighted by molar-refractivity contribution is 0.413. The molecule has 2 nitrogen and oxygen atoms in total. The molecule has 0 saturated carbocycles. The summed E-state index contributed by atoms with van der Waals surface area (Å²) in [6.45, 7) is 0. The number of allylic oxidation sites excluding steroid dienone is 1. The number of rotatable bonds is 5. The molecule has 23 heavy (non-hydrogen) atoms. The smallest absolute Gasteiger partial charge is 0.126 e. The van der Waals surface area contributed by atoms with E-state index in [0.717, 1.165) is 28.9 Å². The number of nitriles is 1. The van der Waals surface area contributed by atoms with Crippen LogP contribution in [0.3, 0.4) is 0 Å². The van der Waals surface area contributed by atoms with Crippen molar-refractivity contribution >= 4 is 41.0 Å². The second-order valence-corrected chi connectivity index (χ2v) is 6.49. The third kappa shape index (κ3) is 4.68. The van der Waals surface area contributed by atoms with E-state index in [1.807, 2.05) is 42.7 Å². The van der Waals surface area contributed by atoms with Crippen molar-refractivity contribution in [2.75, 3.05) is 13.4 Å². The highest BCUT2D eigenvalue weighted by Crippen LogP contribution is 2.28. The molecule has 5 heteroatoms. The molecular formula is C18H15Cl2NOS. The van der Waals surface area contributed by atoms with E-state index in [9.17, 15) is 0 Å². The molecule has 0 radical (unpaired) electrons. The van der Waals surface area contributed by atoms with Crippen molar-refractivity contribution in [3.05, 3.63) is 68.0 Å². The van der Waals surface area contributed by atoms with Gasteiger partial charge >= 0.3 is 0 Å². The number of hydrogen-bond donors (Lipinski definition) is 0. The highest BCUT2D eigenvalue weighted by atomic mass is 35.5. The lowest BCUT2D eigenvalue weighted by Gasteiger charge is -2.09. The molecule has 2 aromatic carbocycles. The second-order valence-electron chi connectivity index (χ2n) is 4.83. The molecular weight excluding hydrogens is 349 g/mol. The molecule has 0 unspecified atom stereocenters. The van der Waals surface area contributed by atoms with Gasteiger partial charge in [0.05, 0.1) is 22.1 Å². The predicted octanol–water partition coefficient (Wildman–Crippen LogP) is 5.82. The number of methoxy groups -OCH3 is 1. The summed E-state index contributed by atoms with van der Waals surface area (Å²) in [6, 6.07) is 13.7. The average molecular weight is 364 g/mol. The lowest BCUT2D eigenvalue weighted by atomic mass is 10.0. The van der Waals surface area contributed by atoms with Gasteiger partial charge in [-0.05, 0) is 54.1 Å². The van der Waals surface area contributed by atoms with Crippen molar-refractivity contribution in [2.45, 2.75) is 6.42 Å². The maximum absolute atomic E-state index is 9.10. The fourth-order valence-corrected chi connectivity index (χ4v) is 2.83. The topological polar surface area (TPSA) is 33.0 Å². The summed E-state index contributed by atoms with van der Waals surface area (Å²) >= 11 is 13.4. The molecule has 0 saturated heterocycles. The maximum Gasteiger partial charge on any atom is 0.126 e. The Bertz CT molecular complexity index is 781. The Kier molecular flexibility index (Phi) is 6.41. The van der Waals surface area contributed by atoms with Crippen LogP contribution in [0.25, 0.3) is 6.08 Å². The molecule has 0 heterocycles. The third-order valence-electron chi connectivity index (χ3n) is 3.30. The summed E-state index contributed by atoms with van der Waals surface area (Å²) in [5.41, 5.74) is 3.06. The normalized spacial score (nSPS) is 11.2. The molecule has 0 spiro atoms. The molecule has 0 N–H and O–H groups in total. The fourth-order valence-electron chi connectivity index (χ4n) is 2.17. The Morgan fingerprint density at radius 3 is 2.48 bits per heavy atom. The maximum atomic E-state index is 9.10. The Labute approximate surface area is 150 Å². The lowest BCUT2D eigenvalue weighted by Crippen LogP contribution is -1.93. The molecule has 0 aliphatic rings. The number of nitrogens with zero attached hydrogens (tertiary/aromatic N) is 1. The Balaban J connectivity index is 2.35. The Morgan fingerprint density at radius 1 is 1.17 bits per heavy atom. The number of thioether (sulfide) groups is 1. The summed E-state index contributed by atoms with van der Waals surface area (Å²) in [5, 5.41) is 10.2. The van der Waals surface area contributed by atoms with Crippen LogP contribution in [0.2, 0.25) is 10.0 Å². The van der Waals surface area contributed by atoms with Crippen LogP contribution in [0.1, 0.15) is 16.7 Å². The summed E-state index contributed by atoms with van der Waals surface area (Å²) < 4.78 is 5.37. The Hall–Kier alpha value is -1.60. The summed E-state index contributed by atoms with van der Waals surface area (Å²) in [4.78, 5) is 0.634. The van der Waals surface area contributed by atoms with Gasteiger partial charge in [-0.3, -0.25) is 0 Å². The van der Waals surface area contributed by atoms with Crippen molar-refractivity contribution in [2.24, 2.45) is 0 Å². The van der Waals surface area contributed by atoms with E-state index in [1.165, 1.54) is 11.8 Å². The first kappa shape index (κ1) is 17.7. The first-order valence-corrected chi connectivity index (χ1v) is 8.82. The number of benzene rings is 2. The molecule has 0 atom stereocenters. The first-order chi connectivity index (χ1) is 11.1. The zero-order chi connectivity index (χ0) is 16.8. The minimum atomic E-state index is 0.548. The molecule has 0 aromatic heterocycles. The standard InChI is InChI=1S/C18H15Cl2NOS/c1-22-18-6-4-12(8-14(18)10-15(11-21)23-2)7-13-3-5-16(19)17(20)9-13/h3-6,8-10H,7H2,1-2H3/b15-10+. The van der Waals surface area contributed by atoms with Gasteiger partial charge < -0.3 is 4.74 Å². The van der Waals surface area contributed by atoms with Crippen LogP contribution >= 0.6 is 35.0 Å². The minimum Gasteiger partial charge on any atom is -0.496 e. The van der Waals surface area contributed by atoms with Crippen LogP contribution in [0.4, 0.5) is 0 Å². The number of hydrogen-bond acceptors (Lipinski definition) is 3. The van der Waals surface area contributed by atoms with Gasteiger partial charge in [-0.2, -0.15) is 5.26 Å². The molecule has 0 aliphatic heterocycles. The predicted molar refractivity (Wildman–Crippen MR) is 99.4 cm³/mol. The first-order valence-electron chi connectivity index (χ1n) is 6.84.